The maximum atomic E-state index is 5.84. The Balaban J connectivity index is 1.75. The summed E-state index contributed by atoms with van der Waals surface area (Å²) in [5.74, 6) is 2.91. The number of aromatic nitrogens is 1. The van der Waals surface area contributed by atoms with Crippen molar-refractivity contribution in [1.82, 2.24) is 4.98 Å². The summed E-state index contributed by atoms with van der Waals surface area (Å²) in [6, 6.07) is 8.01. The predicted molar refractivity (Wildman–Crippen MR) is 88.0 cm³/mol. The lowest BCUT2D eigenvalue weighted by Crippen LogP contribution is -2.07. The van der Waals surface area contributed by atoms with Crippen LogP contribution in [0.4, 0.5) is 5.82 Å². The molecule has 3 rings (SSSR count). The summed E-state index contributed by atoms with van der Waals surface area (Å²) >= 11 is 0. The highest BCUT2D eigenvalue weighted by atomic mass is 16.5. The van der Waals surface area contributed by atoms with E-state index in [-0.39, 0.29) is 0 Å². The highest BCUT2D eigenvalue weighted by Crippen LogP contribution is 2.39. The molecule has 4 nitrogen and oxygen atoms in total. The summed E-state index contributed by atoms with van der Waals surface area (Å²) in [5, 5.41) is 0. The number of benzene rings is 1. The molecule has 1 aromatic carbocycles. The highest BCUT2D eigenvalue weighted by molar-refractivity contribution is 5.77. The van der Waals surface area contributed by atoms with E-state index in [0.29, 0.717) is 12.4 Å². The monoisotopic (exact) mass is 298 g/mol. The number of fused-ring (bicyclic) bond motifs is 3. The van der Waals surface area contributed by atoms with E-state index in [1.54, 1.807) is 6.20 Å². The molecule has 0 saturated carbocycles. The largest absolute Gasteiger partial charge is 0.494 e. The molecule has 0 aliphatic carbocycles. The van der Waals surface area contributed by atoms with Gasteiger partial charge < -0.3 is 15.2 Å². The lowest BCUT2D eigenvalue weighted by atomic mass is 9.98. The minimum absolute atomic E-state index is 0.504. The van der Waals surface area contributed by atoms with Crippen LogP contribution in [-0.4, -0.2) is 11.6 Å². The van der Waals surface area contributed by atoms with E-state index in [2.05, 4.69) is 31.0 Å². The molecule has 0 unspecified atom stereocenters. The average Bonchev–Trinajstić information content (AvgIpc) is 2.51. The van der Waals surface area contributed by atoms with Crippen molar-refractivity contribution in [3.8, 4) is 22.6 Å². The molecule has 2 N–H and O–H groups in total. The molecular formula is C18H22N2O2. The quantitative estimate of drug-likeness (QED) is 0.846. The van der Waals surface area contributed by atoms with Crippen molar-refractivity contribution in [2.24, 2.45) is 5.92 Å². The smallest absolute Gasteiger partial charge is 0.146 e. The lowest BCUT2D eigenvalue weighted by molar-refractivity contribution is 0.289. The van der Waals surface area contributed by atoms with Crippen LogP contribution in [0.15, 0.2) is 30.5 Å². The zero-order valence-electron chi connectivity index (χ0n) is 13.1. The number of nitrogens with zero attached hydrogens (tertiary/aromatic N) is 1. The normalized spacial score (nSPS) is 12.5. The first-order valence-corrected chi connectivity index (χ1v) is 7.78. The van der Waals surface area contributed by atoms with Gasteiger partial charge in [0.2, 0.25) is 0 Å². The summed E-state index contributed by atoms with van der Waals surface area (Å²) in [4.78, 5) is 4.08. The SMILES string of the molecule is CC(C)CCCOc1ccc2c(c1)COc1cnc(N)cc1-2. The van der Waals surface area contributed by atoms with Gasteiger partial charge in [0.05, 0.1) is 12.8 Å². The number of hydrogen-bond donors (Lipinski definition) is 1. The predicted octanol–water partition coefficient (Wildman–Crippen LogP) is 4.04. The summed E-state index contributed by atoms with van der Waals surface area (Å²) in [6.07, 6.45) is 3.95. The standard InChI is InChI=1S/C18H22N2O2/c1-12(2)4-3-7-21-14-5-6-15-13(8-14)11-22-17-10-20-18(19)9-16(15)17/h5-6,8-10,12H,3-4,7,11H2,1-2H3,(H2,19,20). The van der Waals surface area contributed by atoms with Crippen molar-refractivity contribution in [2.45, 2.75) is 33.3 Å². The number of hydrogen-bond acceptors (Lipinski definition) is 4. The first-order valence-electron chi connectivity index (χ1n) is 7.78. The third kappa shape index (κ3) is 3.16. The van der Waals surface area contributed by atoms with E-state index in [1.807, 2.05) is 12.1 Å². The second-order valence-electron chi connectivity index (χ2n) is 6.10. The van der Waals surface area contributed by atoms with Crippen LogP contribution in [0.3, 0.4) is 0 Å². The van der Waals surface area contributed by atoms with E-state index >= 15 is 0 Å². The fourth-order valence-electron chi connectivity index (χ4n) is 2.66. The summed E-state index contributed by atoms with van der Waals surface area (Å²) in [6.45, 7) is 5.75. The second-order valence-corrected chi connectivity index (χ2v) is 6.10. The van der Waals surface area contributed by atoms with E-state index in [1.165, 1.54) is 6.42 Å². The Bertz CT molecular complexity index is 668. The minimum atomic E-state index is 0.504. The fourth-order valence-corrected chi connectivity index (χ4v) is 2.66. The van der Waals surface area contributed by atoms with Gasteiger partial charge in [0.15, 0.2) is 0 Å². The minimum Gasteiger partial charge on any atom is -0.494 e. The molecule has 0 spiro atoms. The van der Waals surface area contributed by atoms with Gasteiger partial charge in [0.1, 0.15) is 23.9 Å². The Hall–Kier alpha value is -2.23. The molecule has 2 aromatic rings. The van der Waals surface area contributed by atoms with Gasteiger partial charge in [-0.1, -0.05) is 19.9 Å². The van der Waals surface area contributed by atoms with Crippen LogP contribution in [0.1, 0.15) is 32.3 Å². The fraction of sp³-hybridized carbons (Fsp3) is 0.389. The molecular weight excluding hydrogens is 276 g/mol. The maximum absolute atomic E-state index is 5.84. The Morgan fingerprint density at radius 2 is 2.14 bits per heavy atom. The Morgan fingerprint density at radius 3 is 2.95 bits per heavy atom. The van der Waals surface area contributed by atoms with Crippen molar-refractivity contribution in [3.63, 3.8) is 0 Å². The number of rotatable bonds is 5. The van der Waals surface area contributed by atoms with Crippen LogP contribution < -0.4 is 15.2 Å². The molecule has 2 heterocycles. The third-order valence-electron chi connectivity index (χ3n) is 3.83. The highest BCUT2D eigenvalue weighted by Gasteiger charge is 2.18. The van der Waals surface area contributed by atoms with Gasteiger partial charge in [-0.3, -0.25) is 0 Å². The second kappa shape index (κ2) is 6.26. The average molecular weight is 298 g/mol. The summed E-state index contributed by atoms with van der Waals surface area (Å²) in [7, 11) is 0. The van der Waals surface area contributed by atoms with Gasteiger partial charge >= 0.3 is 0 Å². The van der Waals surface area contributed by atoms with Gasteiger partial charge in [-0.25, -0.2) is 4.98 Å². The Morgan fingerprint density at radius 1 is 1.27 bits per heavy atom. The summed E-state index contributed by atoms with van der Waals surface area (Å²) < 4.78 is 11.6. The lowest BCUT2D eigenvalue weighted by Gasteiger charge is -2.21. The van der Waals surface area contributed by atoms with Gasteiger partial charge in [0.25, 0.3) is 0 Å². The van der Waals surface area contributed by atoms with E-state index in [9.17, 15) is 0 Å². The molecule has 0 saturated heterocycles. The Labute approximate surface area is 131 Å². The van der Waals surface area contributed by atoms with E-state index in [0.717, 1.165) is 47.1 Å². The molecule has 116 valence electrons. The number of nitrogens with two attached hydrogens (primary N) is 1. The molecule has 4 heteroatoms. The van der Waals surface area contributed by atoms with Gasteiger partial charge in [-0.05, 0) is 42.5 Å². The van der Waals surface area contributed by atoms with Crippen LogP contribution in [0, 0.1) is 5.92 Å². The van der Waals surface area contributed by atoms with Crippen LogP contribution in [0.2, 0.25) is 0 Å². The number of ether oxygens (including phenoxy) is 2. The summed E-state index contributed by atoms with van der Waals surface area (Å²) in [5.41, 5.74) is 9.05. The van der Waals surface area contributed by atoms with Gasteiger partial charge in [-0.2, -0.15) is 0 Å². The number of anilines is 1. The van der Waals surface area contributed by atoms with E-state index < -0.39 is 0 Å². The van der Waals surface area contributed by atoms with E-state index in [4.69, 9.17) is 15.2 Å². The molecule has 1 aromatic heterocycles. The van der Waals surface area contributed by atoms with Gasteiger partial charge in [-0.15, -0.1) is 0 Å². The molecule has 0 atom stereocenters. The first kappa shape index (κ1) is 14.7. The van der Waals surface area contributed by atoms with Crippen LogP contribution >= 0.6 is 0 Å². The van der Waals surface area contributed by atoms with Crippen LogP contribution in [0.5, 0.6) is 11.5 Å². The maximum Gasteiger partial charge on any atom is 0.146 e. The van der Waals surface area contributed by atoms with Crippen molar-refractivity contribution in [1.29, 1.82) is 0 Å². The molecule has 0 radical (unpaired) electrons. The zero-order valence-corrected chi connectivity index (χ0v) is 13.1. The zero-order chi connectivity index (χ0) is 15.5. The topological polar surface area (TPSA) is 57.4 Å². The van der Waals surface area contributed by atoms with Crippen molar-refractivity contribution in [2.75, 3.05) is 12.3 Å². The molecule has 0 amide bonds. The molecule has 22 heavy (non-hydrogen) atoms. The van der Waals surface area contributed by atoms with Crippen LogP contribution in [0.25, 0.3) is 11.1 Å². The number of pyridine rings is 1. The molecule has 1 aliphatic rings. The molecule has 1 aliphatic heterocycles. The third-order valence-corrected chi connectivity index (χ3v) is 3.83. The van der Waals surface area contributed by atoms with Crippen molar-refractivity contribution >= 4 is 5.82 Å². The van der Waals surface area contributed by atoms with Gasteiger partial charge in [0, 0.05) is 11.1 Å². The molecule has 0 bridgehead atoms. The van der Waals surface area contributed by atoms with Crippen LogP contribution in [-0.2, 0) is 6.61 Å². The van der Waals surface area contributed by atoms with Crippen molar-refractivity contribution < 1.29 is 9.47 Å². The van der Waals surface area contributed by atoms with Crippen molar-refractivity contribution in [3.05, 3.63) is 36.0 Å². The number of nitrogen functional groups attached to an aromatic ring is 1. The molecule has 0 fully saturated rings. The first-order chi connectivity index (χ1) is 10.6. The Kier molecular flexibility index (Phi) is 4.18.